The van der Waals surface area contributed by atoms with E-state index in [0.29, 0.717) is 24.0 Å². The number of aromatic nitrogens is 1. The van der Waals surface area contributed by atoms with Crippen LogP contribution in [-0.2, 0) is 16.0 Å². The third-order valence-electron chi connectivity index (χ3n) is 3.92. The SMILES string of the molecule is CCOC(=O)Nc1nc2c(s1)CCN1C(=O)CSc3cccc-2c31. The maximum atomic E-state index is 12.3. The largest absolute Gasteiger partial charge is 0.450 e. The summed E-state index contributed by atoms with van der Waals surface area (Å²) in [4.78, 5) is 32.6. The minimum absolute atomic E-state index is 0.139. The summed E-state index contributed by atoms with van der Waals surface area (Å²) >= 11 is 3.01. The van der Waals surface area contributed by atoms with Crippen LogP contribution in [0.15, 0.2) is 23.1 Å². The number of thioether (sulfide) groups is 1. The summed E-state index contributed by atoms with van der Waals surface area (Å²) in [5, 5.41) is 3.20. The number of fused-ring (bicyclic) bond motifs is 2. The molecule has 1 aromatic heterocycles. The lowest BCUT2D eigenvalue weighted by Gasteiger charge is -2.29. The van der Waals surface area contributed by atoms with Crippen LogP contribution in [0.3, 0.4) is 0 Å². The summed E-state index contributed by atoms with van der Waals surface area (Å²) < 4.78 is 4.91. The normalized spacial score (nSPS) is 15.4. The zero-order valence-electron chi connectivity index (χ0n) is 13.0. The third-order valence-corrected chi connectivity index (χ3v) is 5.98. The van der Waals surface area contributed by atoms with Crippen LogP contribution in [0.1, 0.15) is 11.8 Å². The third kappa shape index (κ3) is 2.55. The Bertz CT molecular complexity index is 834. The van der Waals surface area contributed by atoms with Crippen molar-refractivity contribution in [3.05, 3.63) is 23.1 Å². The molecule has 4 rings (SSSR count). The second-order valence-corrected chi connectivity index (χ2v) is 7.47. The van der Waals surface area contributed by atoms with Crippen LogP contribution in [0.5, 0.6) is 0 Å². The fourth-order valence-corrected chi connectivity index (χ4v) is 4.86. The van der Waals surface area contributed by atoms with Gasteiger partial charge in [0.1, 0.15) is 0 Å². The molecule has 0 unspecified atom stereocenters. The molecule has 0 atom stereocenters. The summed E-state index contributed by atoms with van der Waals surface area (Å²) in [6, 6.07) is 6.02. The topological polar surface area (TPSA) is 71.5 Å². The highest BCUT2D eigenvalue weighted by Crippen LogP contribution is 2.46. The van der Waals surface area contributed by atoms with Crippen molar-refractivity contribution in [3.8, 4) is 11.3 Å². The van der Waals surface area contributed by atoms with Gasteiger partial charge in [0, 0.05) is 28.3 Å². The molecular weight excluding hydrogens is 346 g/mol. The van der Waals surface area contributed by atoms with Gasteiger partial charge >= 0.3 is 6.09 Å². The molecule has 1 N–H and O–H groups in total. The van der Waals surface area contributed by atoms with Gasteiger partial charge in [-0.1, -0.05) is 12.1 Å². The second-order valence-electron chi connectivity index (χ2n) is 5.37. The average Bonchev–Trinajstić information content (AvgIpc) is 2.89. The van der Waals surface area contributed by atoms with E-state index < -0.39 is 6.09 Å². The number of nitrogens with zero attached hydrogens (tertiary/aromatic N) is 2. The number of hydrogen-bond donors (Lipinski definition) is 1. The van der Waals surface area contributed by atoms with Gasteiger partial charge < -0.3 is 9.64 Å². The van der Waals surface area contributed by atoms with Gasteiger partial charge in [-0.25, -0.2) is 9.78 Å². The van der Waals surface area contributed by atoms with Crippen LogP contribution >= 0.6 is 23.1 Å². The average molecular weight is 361 g/mol. The summed E-state index contributed by atoms with van der Waals surface area (Å²) in [6.07, 6.45) is 0.228. The van der Waals surface area contributed by atoms with E-state index in [1.54, 1.807) is 18.7 Å². The molecule has 0 saturated heterocycles. The van der Waals surface area contributed by atoms with E-state index in [-0.39, 0.29) is 5.91 Å². The van der Waals surface area contributed by atoms with Crippen LogP contribution < -0.4 is 10.2 Å². The molecule has 1 aromatic carbocycles. The van der Waals surface area contributed by atoms with Gasteiger partial charge in [-0.2, -0.15) is 0 Å². The van der Waals surface area contributed by atoms with Crippen molar-refractivity contribution in [2.24, 2.45) is 0 Å². The molecule has 0 fully saturated rings. The predicted molar refractivity (Wildman–Crippen MR) is 95.0 cm³/mol. The number of para-hydroxylation sites is 1. The maximum absolute atomic E-state index is 12.3. The molecule has 0 bridgehead atoms. The minimum Gasteiger partial charge on any atom is -0.450 e. The molecule has 0 spiro atoms. The Morgan fingerprint density at radius 1 is 1.46 bits per heavy atom. The standard InChI is InChI=1S/C16H15N3O3S2/c1-2-22-16(21)18-15-17-13-9-4-3-5-11-14(9)19(12(20)8-23-11)7-6-10(13)24-15/h3-5H,2,6-8H2,1H3,(H,17,18,21). The first-order valence-electron chi connectivity index (χ1n) is 7.67. The highest BCUT2D eigenvalue weighted by atomic mass is 32.2. The van der Waals surface area contributed by atoms with Crippen molar-refractivity contribution in [2.75, 3.05) is 29.1 Å². The van der Waals surface area contributed by atoms with Crippen molar-refractivity contribution in [1.82, 2.24) is 4.98 Å². The number of carbonyl (C=O) groups excluding carboxylic acids is 2. The van der Waals surface area contributed by atoms with Crippen molar-refractivity contribution in [2.45, 2.75) is 18.2 Å². The lowest BCUT2D eigenvalue weighted by Crippen LogP contribution is -2.36. The lowest BCUT2D eigenvalue weighted by molar-refractivity contribution is -0.116. The van der Waals surface area contributed by atoms with E-state index in [9.17, 15) is 9.59 Å². The molecule has 0 aliphatic carbocycles. The monoisotopic (exact) mass is 361 g/mol. The Balaban J connectivity index is 1.77. The molecule has 0 radical (unpaired) electrons. The molecular formula is C16H15N3O3S2. The number of rotatable bonds is 2. The van der Waals surface area contributed by atoms with Crippen LogP contribution in [-0.4, -0.2) is 35.9 Å². The fourth-order valence-electron chi connectivity index (χ4n) is 2.94. The fraction of sp³-hybridized carbons (Fsp3) is 0.312. The zero-order valence-corrected chi connectivity index (χ0v) is 14.6. The molecule has 2 amide bonds. The van der Waals surface area contributed by atoms with Crippen molar-refractivity contribution >= 4 is 45.9 Å². The molecule has 0 saturated carbocycles. The van der Waals surface area contributed by atoms with Gasteiger partial charge in [0.15, 0.2) is 5.13 Å². The first kappa shape index (κ1) is 15.5. The highest BCUT2D eigenvalue weighted by Gasteiger charge is 2.32. The van der Waals surface area contributed by atoms with Gasteiger partial charge in [0.05, 0.1) is 23.7 Å². The van der Waals surface area contributed by atoms with Crippen molar-refractivity contribution < 1.29 is 14.3 Å². The molecule has 6 nitrogen and oxygen atoms in total. The predicted octanol–water partition coefficient (Wildman–Crippen LogP) is 3.37. The number of nitrogens with one attached hydrogen (secondary N) is 1. The number of benzene rings is 1. The van der Waals surface area contributed by atoms with Crippen molar-refractivity contribution in [3.63, 3.8) is 0 Å². The lowest BCUT2D eigenvalue weighted by atomic mass is 10.1. The van der Waals surface area contributed by atoms with Gasteiger partial charge in [0.2, 0.25) is 5.91 Å². The molecule has 8 heteroatoms. The second kappa shape index (κ2) is 6.10. The first-order valence-corrected chi connectivity index (χ1v) is 9.47. The molecule has 3 heterocycles. The van der Waals surface area contributed by atoms with Crippen LogP contribution in [0.25, 0.3) is 11.3 Å². The van der Waals surface area contributed by atoms with Crippen molar-refractivity contribution in [1.29, 1.82) is 0 Å². The quantitative estimate of drug-likeness (QED) is 0.888. The van der Waals surface area contributed by atoms with Crippen LogP contribution in [0.2, 0.25) is 0 Å². The number of carbonyl (C=O) groups is 2. The van der Waals surface area contributed by atoms with Gasteiger partial charge in [-0.05, 0) is 13.0 Å². The number of anilines is 2. The zero-order chi connectivity index (χ0) is 16.7. The van der Waals surface area contributed by atoms with Crippen LogP contribution in [0, 0.1) is 0 Å². The van der Waals surface area contributed by atoms with Gasteiger partial charge in [-0.15, -0.1) is 23.1 Å². The van der Waals surface area contributed by atoms with E-state index in [0.717, 1.165) is 33.1 Å². The maximum Gasteiger partial charge on any atom is 0.413 e. The van der Waals surface area contributed by atoms with E-state index in [1.807, 2.05) is 23.1 Å². The van der Waals surface area contributed by atoms with Gasteiger partial charge in [-0.3, -0.25) is 10.1 Å². The Labute approximate surface area is 147 Å². The molecule has 2 aliphatic heterocycles. The van der Waals surface area contributed by atoms with E-state index in [2.05, 4.69) is 10.3 Å². The number of thiazole rings is 1. The summed E-state index contributed by atoms with van der Waals surface area (Å²) in [5.41, 5.74) is 2.75. The smallest absolute Gasteiger partial charge is 0.413 e. The van der Waals surface area contributed by atoms with Gasteiger partial charge in [0.25, 0.3) is 0 Å². The minimum atomic E-state index is -0.496. The van der Waals surface area contributed by atoms with E-state index in [4.69, 9.17) is 4.74 Å². The molecule has 2 aliphatic rings. The van der Waals surface area contributed by atoms with E-state index >= 15 is 0 Å². The Hall–Kier alpha value is -2.06. The molecule has 2 aromatic rings. The first-order chi connectivity index (χ1) is 11.7. The highest BCUT2D eigenvalue weighted by molar-refractivity contribution is 8.00. The van der Waals surface area contributed by atoms with E-state index in [1.165, 1.54) is 11.3 Å². The Morgan fingerprint density at radius 3 is 3.17 bits per heavy atom. The molecule has 24 heavy (non-hydrogen) atoms. The number of amides is 2. The summed E-state index contributed by atoms with van der Waals surface area (Å²) in [5.74, 6) is 0.618. The number of ether oxygens (including phenoxy) is 1. The summed E-state index contributed by atoms with van der Waals surface area (Å²) in [7, 11) is 0. The Kier molecular flexibility index (Phi) is 3.93. The summed E-state index contributed by atoms with van der Waals surface area (Å²) in [6.45, 7) is 2.71. The molecule has 124 valence electrons. The Morgan fingerprint density at radius 2 is 2.33 bits per heavy atom. The number of hydrogen-bond acceptors (Lipinski definition) is 6. The van der Waals surface area contributed by atoms with Crippen LogP contribution in [0.4, 0.5) is 15.6 Å².